The zero-order valence-electron chi connectivity index (χ0n) is 9.90. The third kappa shape index (κ3) is 2.36. The number of carbonyl (C=O) groups is 1. The summed E-state index contributed by atoms with van der Waals surface area (Å²) >= 11 is 0. The van der Waals surface area contributed by atoms with Crippen LogP contribution in [0.5, 0.6) is 0 Å². The van der Waals surface area contributed by atoms with Crippen molar-refractivity contribution in [2.75, 3.05) is 0 Å². The molecule has 0 saturated carbocycles. The summed E-state index contributed by atoms with van der Waals surface area (Å²) in [4.78, 5) is 11.2. The van der Waals surface area contributed by atoms with E-state index in [4.69, 9.17) is 0 Å². The summed E-state index contributed by atoms with van der Waals surface area (Å²) in [7, 11) is 0. The van der Waals surface area contributed by atoms with E-state index < -0.39 is 5.97 Å². The monoisotopic (exact) mass is 226 g/mol. The molecule has 0 amide bonds. The lowest BCUT2D eigenvalue weighted by atomic mass is 9.97. The number of aryl methyl sites for hydroxylation is 2. The summed E-state index contributed by atoms with van der Waals surface area (Å²) in [6.45, 7) is 3.91. The van der Waals surface area contributed by atoms with Crippen LogP contribution < -0.4 is 0 Å². The van der Waals surface area contributed by atoms with Gasteiger partial charge in [-0.3, -0.25) is 0 Å². The normalized spacial score (nSPS) is 10.2. The Morgan fingerprint density at radius 3 is 2.12 bits per heavy atom. The summed E-state index contributed by atoms with van der Waals surface area (Å²) in [6.07, 6.45) is 0. The standard InChI is InChI=1S/C15H14O2/c1-10-3-6-12(7-4-10)13-8-5-11(2)9-14(13)15(16)17/h3-9H,1-2H3,(H,16,17). The minimum atomic E-state index is -0.885. The van der Waals surface area contributed by atoms with Crippen molar-refractivity contribution in [2.45, 2.75) is 13.8 Å². The van der Waals surface area contributed by atoms with Crippen LogP contribution in [0.15, 0.2) is 42.5 Å². The van der Waals surface area contributed by atoms with Gasteiger partial charge in [-0.25, -0.2) is 4.79 Å². The van der Waals surface area contributed by atoms with E-state index in [1.54, 1.807) is 6.07 Å². The molecule has 0 aliphatic rings. The molecule has 86 valence electrons. The van der Waals surface area contributed by atoms with Gasteiger partial charge in [0, 0.05) is 0 Å². The highest BCUT2D eigenvalue weighted by Gasteiger charge is 2.11. The minimum Gasteiger partial charge on any atom is -0.478 e. The van der Waals surface area contributed by atoms with Gasteiger partial charge in [-0.2, -0.15) is 0 Å². The van der Waals surface area contributed by atoms with E-state index in [0.717, 1.165) is 22.3 Å². The van der Waals surface area contributed by atoms with Gasteiger partial charge >= 0.3 is 5.97 Å². The summed E-state index contributed by atoms with van der Waals surface area (Å²) in [5.41, 5.74) is 4.18. The molecule has 2 aromatic rings. The number of hydrogen-bond donors (Lipinski definition) is 1. The van der Waals surface area contributed by atoms with Crippen molar-refractivity contribution in [3.05, 3.63) is 59.2 Å². The predicted octanol–water partition coefficient (Wildman–Crippen LogP) is 3.67. The second kappa shape index (κ2) is 4.42. The highest BCUT2D eigenvalue weighted by atomic mass is 16.4. The van der Waals surface area contributed by atoms with Crippen LogP contribution in [-0.2, 0) is 0 Å². The van der Waals surface area contributed by atoms with Crippen LogP contribution in [0.25, 0.3) is 11.1 Å². The maximum Gasteiger partial charge on any atom is 0.336 e. The molecule has 0 aliphatic carbocycles. The first-order valence-corrected chi connectivity index (χ1v) is 5.49. The van der Waals surface area contributed by atoms with E-state index in [1.807, 2.05) is 50.2 Å². The van der Waals surface area contributed by atoms with Gasteiger partial charge in [-0.05, 0) is 31.0 Å². The molecule has 0 aliphatic heterocycles. The molecule has 17 heavy (non-hydrogen) atoms. The van der Waals surface area contributed by atoms with Gasteiger partial charge in [0.15, 0.2) is 0 Å². The SMILES string of the molecule is Cc1ccc(-c2ccc(C)cc2C(=O)O)cc1. The van der Waals surface area contributed by atoms with E-state index in [1.165, 1.54) is 0 Å². The van der Waals surface area contributed by atoms with Crippen LogP contribution in [0.1, 0.15) is 21.5 Å². The van der Waals surface area contributed by atoms with Crippen molar-refractivity contribution in [1.82, 2.24) is 0 Å². The first-order chi connectivity index (χ1) is 8.08. The Bertz CT molecular complexity index is 554. The Morgan fingerprint density at radius 1 is 0.941 bits per heavy atom. The number of carboxylic acids is 1. The molecule has 1 N–H and O–H groups in total. The van der Waals surface area contributed by atoms with E-state index in [0.29, 0.717) is 5.56 Å². The maximum absolute atomic E-state index is 11.2. The van der Waals surface area contributed by atoms with E-state index in [-0.39, 0.29) is 0 Å². The molecule has 0 bridgehead atoms. The second-order valence-electron chi connectivity index (χ2n) is 4.22. The Kier molecular flexibility index (Phi) is 2.96. The van der Waals surface area contributed by atoms with Gasteiger partial charge in [0.05, 0.1) is 5.56 Å². The van der Waals surface area contributed by atoms with E-state index in [9.17, 15) is 9.90 Å². The van der Waals surface area contributed by atoms with Crippen LogP contribution in [-0.4, -0.2) is 11.1 Å². The molecule has 2 aromatic carbocycles. The third-order valence-electron chi connectivity index (χ3n) is 2.77. The Labute approximate surface area is 101 Å². The lowest BCUT2D eigenvalue weighted by Crippen LogP contribution is -2.00. The molecule has 0 spiro atoms. The highest BCUT2D eigenvalue weighted by Crippen LogP contribution is 2.25. The topological polar surface area (TPSA) is 37.3 Å². The first-order valence-electron chi connectivity index (χ1n) is 5.49. The maximum atomic E-state index is 11.2. The first kappa shape index (κ1) is 11.4. The van der Waals surface area contributed by atoms with Crippen molar-refractivity contribution in [3.8, 4) is 11.1 Å². The van der Waals surface area contributed by atoms with Crippen LogP contribution >= 0.6 is 0 Å². The van der Waals surface area contributed by atoms with Crippen molar-refractivity contribution in [2.24, 2.45) is 0 Å². The average molecular weight is 226 g/mol. The zero-order chi connectivity index (χ0) is 12.4. The molecule has 0 fully saturated rings. The molecule has 0 heterocycles. The van der Waals surface area contributed by atoms with Gasteiger partial charge < -0.3 is 5.11 Å². The zero-order valence-corrected chi connectivity index (χ0v) is 9.90. The van der Waals surface area contributed by atoms with E-state index >= 15 is 0 Å². The molecule has 0 radical (unpaired) electrons. The Morgan fingerprint density at radius 2 is 1.53 bits per heavy atom. The second-order valence-corrected chi connectivity index (χ2v) is 4.22. The molecule has 0 unspecified atom stereocenters. The molecule has 0 aromatic heterocycles. The summed E-state index contributed by atoms with van der Waals surface area (Å²) in [5.74, 6) is -0.885. The highest BCUT2D eigenvalue weighted by molar-refractivity contribution is 5.96. The van der Waals surface area contributed by atoms with Gasteiger partial charge in [0.25, 0.3) is 0 Å². The van der Waals surface area contributed by atoms with Crippen molar-refractivity contribution in [1.29, 1.82) is 0 Å². The Hall–Kier alpha value is -2.09. The predicted molar refractivity (Wildman–Crippen MR) is 68.3 cm³/mol. The molecule has 2 rings (SSSR count). The van der Waals surface area contributed by atoms with Crippen LogP contribution in [0.4, 0.5) is 0 Å². The van der Waals surface area contributed by atoms with Gasteiger partial charge in [-0.1, -0.05) is 47.5 Å². The summed E-state index contributed by atoms with van der Waals surface area (Å²) in [5, 5.41) is 9.21. The van der Waals surface area contributed by atoms with Gasteiger partial charge in [0.2, 0.25) is 0 Å². The molecule has 0 atom stereocenters. The van der Waals surface area contributed by atoms with Crippen molar-refractivity contribution < 1.29 is 9.90 Å². The van der Waals surface area contributed by atoms with Crippen molar-refractivity contribution >= 4 is 5.97 Å². The molecular weight excluding hydrogens is 212 g/mol. The molecule has 2 heteroatoms. The number of benzene rings is 2. The molecule has 0 saturated heterocycles. The molecule has 2 nitrogen and oxygen atoms in total. The molecular formula is C15H14O2. The number of hydrogen-bond acceptors (Lipinski definition) is 1. The van der Waals surface area contributed by atoms with Crippen LogP contribution in [0.3, 0.4) is 0 Å². The number of carboxylic acid groups (broad SMARTS) is 1. The lowest BCUT2D eigenvalue weighted by Gasteiger charge is -2.07. The summed E-state index contributed by atoms with van der Waals surface area (Å²) in [6, 6.07) is 13.4. The van der Waals surface area contributed by atoms with Crippen LogP contribution in [0.2, 0.25) is 0 Å². The fourth-order valence-corrected chi connectivity index (χ4v) is 1.82. The van der Waals surface area contributed by atoms with Crippen molar-refractivity contribution in [3.63, 3.8) is 0 Å². The fourth-order valence-electron chi connectivity index (χ4n) is 1.82. The van der Waals surface area contributed by atoms with Gasteiger partial charge in [-0.15, -0.1) is 0 Å². The third-order valence-corrected chi connectivity index (χ3v) is 2.77. The lowest BCUT2D eigenvalue weighted by molar-refractivity contribution is 0.0697. The summed E-state index contributed by atoms with van der Waals surface area (Å²) < 4.78 is 0. The van der Waals surface area contributed by atoms with Crippen LogP contribution in [0, 0.1) is 13.8 Å². The van der Waals surface area contributed by atoms with Gasteiger partial charge in [0.1, 0.15) is 0 Å². The number of aromatic carboxylic acids is 1. The number of rotatable bonds is 2. The largest absolute Gasteiger partial charge is 0.478 e. The fraction of sp³-hybridized carbons (Fsp3) is 0.133. The quantitative estimate of drug-likeness (QED) is 0.848. The van der Waals surface area contributed by atoms with E-state index in [2.05, 4.69) is 0 Å². The Balaban J connectivity index is 2.58. The average Bonchev–Trinajstić information content (AvgIpc) is 2.30. The minimum absolute atomic E-state index is 0.355. The smallest absolute Gasteiger partial charge is 0.336 e.